The van der Waals surface area contributed by atoms with Crippen LogP contribution in [0.1, 0.15) is 42.4 Å². The molecule has 92 valence electrons. The van der Waals surface area contributed by atoms with Gasteiger partial charge in [-0.3, -0.25) is 0 Å². The van der Waals surface area contributed by atoms with Gasteiger partial charge < -0.3 is 10.1 Å². The maximum atomic E-state index is 10.8. The highest BCUT2D eigenvalue weighted by molar-refractivity contribution is 5.94. The molecule has 0 radical (unpaired) electrons. The molecule has 0 fully saturated rings. The predicted molar refractivity (Wildman–Crippen MR) is 70.7 cm³/mol. The second-order valence-electron chi connectivity index (χ2n) is 3.71. The molecule has 1 aromatic carbocycles. The van der Waals surface area contributed by atoms with Crippen molar-refractivity contribution < 1.29 is 9.90 Å². The van der Waals surface area contributed by atoms with Crippen molar-refractivity contribution in [3.63, 3.8) is 0 Å². The summed E-state index contributed by atoms with van der Waals surface area (Å²) in [5, 5.41) is 9.81. The number of hydrogen-bond acceptors (Lipinski definition) is 1. The smallest absolute Gasteiger partial charge is 0.352 e. The van der Waals surface area contributed by atoms with Gasteiger partial charge in [-0.2, -0.15) is 0 Å². The van der Waals surface area contributed by atoms with Crippen LogP contribution in [-0.2, 0) is 6.42 Å². The molecule has 0 amide bonds. The standard InChI is InChI=1S/C12H13NO2.C2H6/c1-3-8-5-10-9(4-7(8)2)6-11(13-10)12(14)15;1-2/h4-6,13H,3H2,1-2H3,(H,14,15);1-2H3. The van der Waals surface area contributed by atoms with Crippen LogP contribution in [-0.4, -0.2) is 16.1 Å². The van der Waals surface area contributed by atoms with E-state index < -0.39 is 5.97 Å². The fraction of sp³-hybridized carbons (Fsp3) is 0.357. The number of aromatic amines is 1. The lowest BCUT2D eigenvalue weighted by Crippen LogP contribution is -1.94. The molecular weight excluding hydrogens is 214 g/mol. The molecule has 2 aromatic rings. The number of aryl methyl sites for hydroxylation is 2. The Labute approximate surface area is 101 Å². The molecule has 0 bridgehead atoms. The Morgan fingerprint density at radius 1 is 1.29 bits per heavy atom. The number of nitrogens with one attached hydrogen (secondary N) is 1. The quantitative estimate of drug-likeness (QED) is 0.829. The van der Waals surface area contributed by atoms with Crippen LogP contribution in [0.15, 0.2) is 18.2 Å². The number of benzene rings is 1. The fourth-order valence-corrected chi connectivity index (χ4v) is 1.84. The lowest BCUT2D eigenvalue weighted by Gasteiger charge is -2.02. The zero-order chi connectivity index (χ0) is 13.0. The van der Waals surface area contributed by atoms with Crippen molar-refractivity contribution in [1.82, 2.24) is 4.98 Å². The number of carboxylic acids is 1. The summed E-state index contributed by atoms with van der Waals surface area (Å²) in [6.45, 7) is 8.14. The molecule has 3 heteroatoms. The molecule has 2 rings (SSSR count). The van der Waals surface area contributed by atoms with Gasteiger partial charge in [0, 0.05) is 10.9 Å². The van der Waals surface area contributed by atoms with Crippen LogP contribution in [0.4, 0.5) is 0 Å². The summed E-state index contributed by atoms with van der Waals surface area (Å²) >= 11 is 0. The van der Waals surface area contributed by atoms with Gasteiger partial charge in [-0.1, -0.05) is 20.8 Å². The molecule has 0 aliphatic heterocycles. The summed E-state index contributed by atoms with van der Waals surface area (Å²) in [5.74, 6) is -0.915. The summed E-state index contributed by atoms with van der Waals surface area (Å²) in [7, 11) is 0. The van der Waals surface area contributed by atoms with E-state index in [9.17, 15) is 4.79 Å². The van der Waals surface area contributed by atoms with E-state index in [0.29, 0.717) is 0 Å². The van der Waals surface area contributed by atoms with Crippen LogP contribution in [0.2, 0.25) is 0 Å². The average Bonchev–Trinajstić information content (AvgIpc) is 2.73. The Kier molecular flexibility index (Phi) is 4.32. The van der Waals surface area contributed by atoms with Gasteiger partial charge >= 0.3 is 5.97 Å². The minimum Gasteiger partial charge on any atom is -0.477 e. The van der Waals surface area contributed by atoms with Crippen LogP contribution in [0.25, 0.3) is 10.9 Å². The van der Waals surface area contributed by atoms with E-state index in [0.717, 1.165) is 17.3 Å². The Morgan fingerprint density at radius 2 is 1.94 bits per heavy atom. The first-order valence-corrected chi connectivity index (χ1v) is 5.97. The Balaban J connectivity index is 0.000000686. The van der Waals surface area contributed by atoms with E-state index in [1.165, 1.54) is 11.1 Å². The Morgan fingerprint density at radius 3 is 2.47 bits per heavy atom. The Bertz CT molecular complexity index is 526. The first-order valence-electron chi connectivity index (χ1n) is 5.97. The second kappa shape index (κ2) is 5.53. The minimum atomic E-state index is -0.915. The summed E-state index contributed by atoms with van der Waals surface area (Å²) in [5.41, 5.74) is 3.61. The highest BCUT2D eigenvalue weighted by Gasteiger charge is 2.08. The van der Waals surface area contributed by atoms with Crippen molar-refractivity contribution >= 4 is 16.9 Å². The molecule has 0 saturated carbocycles. The van der Waals surface area contributed by atoms with Gasteiger partial charge in [-0.25, -0.2) is 4.79 Å². The van der Waals surface area contributed by atoms with Gasteiger partial charge in [0.1, 0.15) is 5.69 Å². The predicted octanol–water partition coefficient (Wildman–Crippen LogP) is 3.76. The van der Waals surface area contributed by atoms with Crippen molar-refractivity contribution in [2.45, 2.75) is 34.1 Å². The molecule has 1 aromatic heterocycles. The van der Waals surface area contributed by atoms with E-state index in [1.54, 1.807) is 6.07 Å². The summed E-state index contributed by atoms with van der Waals surface area (Å²) in [6, 6.07) is 5.72. The van der Waals surface area contributed by atoms with Gasteiger partial charge in [-0.15, -0.1) is 0 Å². The van der Waals surface area contributed by atoms with Crippen LogP contribution in [0, 0.1) is 6.92 Å². The number of aromatic nitrogens is 1. The van der Waals surface area contributed by atoms with Crippen LogP contribution < -0.4 is 0 Å². The van der Waals surface area contributed by atoms with E-state index >= 15 is 0 Å². The molecule has 3 nitrogen and oxygen atoms in total. The van der Waals surface area contributed by atoms with Gasteiger partial charge in [-0.05, 0) is 42.7 Å². The Hall–Kier alpha value is -1.77. The van der Waals surface area contributed by atoms with E-state index in [-0.39, 0.29) is 5.69 Å². The lowest BCUT2D eigenvalue weighted by molar-refractivity contribution is 0.0691. The van der Waals surface area contributed by atoms with Crippen LogP contribution in [0.3, 0.4) is 0 Å². The number of rotatable bonds is 2. The number of hydrogen-bond donors (Lipinski definition) is 2. The van der Waals surface area contributed by atoms with Crippen molar-refractivity contribution in [2.75, 3.05) is 0 Å². The molecule has 0 aliphatic carbocycles. The van der Waals surface area contributed by atoms with Gasteiger partial charge in [0.05, 0.1) is 0 Å². The second-order valence-corrected chi connectivity index (χ2v) is 3.71. The zero-order valence-corrected chi connectivity index (χ0v) is 10.8. The summed E-state index contributed by atoms with van der Waals surface area (Å²) in [6.07, 6.45) is 0.962. The first-order chi connectivity index (χ1) is 8.11. The number of H-pyrrole nitrogens is 1. The largest absolute Gasteiger partial charge is 0.477 e. The summed E-state index contributed by atoms with van der Waals surface area (Å²) in [4.78, 5) is 13.7. The zero-order valence-electron chi connectivity index (χ0n) is 10.8. The lowest BCUT2D eigenvalue weighted by atomic mass is 10.0. The number of fused-ring (bicyclic) bond motifs is 1. The third kappa shape index (κ3) is 2.67. The van der Waals surface area contributed by atoms with Gasteiger partial charge in [0.25, 0.3) is 0 Å². The van der Waals surface area contributed by atoms with Gasteiger partial charge in [0.2, 0.25) is 0 Å². The third-order valence-corrected chi connectivity index (χ3v) is 2.69. The molecular formula is C14H19NO2. The highest BCUT2D eigenvalue weighted by Crippen LogP contribution is 2.21. The van der Waals surface area contributed by atoms with Crippen molar-refractivity contribution in [1.29, 1.82) is 0 Å². The molecule has 0 atom stereocenters. The molecule has 0 spiro atoms. The third-order valence-electron chi connectivity index (χ3n) is 2.69. The van der Waals surface area contributed by atoms with Crippen LogP contribution in [0.5, 0.6) is 0 Å². The highest BCUT2D eigenvalue weighted by atomic mass is 16.4. The fourth-order valence-electron chi connectivity index (χ4n) is 1.84. The molecule has 0 aliphatic rings. The molecule has 17 heavy (non-hydrogen) atoms. The van der Waals surface area contributed by atoms with E-state index in [1.807, 2.05) is 32.9 Å². The molecule has 0 saturated heterocycles. The number of carbonyl (C=O) groups is 1. The average molecular weight is 233 g/mol. The van der Waals surface area contributed by atoms with Crippen molar-refractivity contribution in [3.05, 3.63) is 35.0 Å². The van der Waals surface area contributed by atoms with Crippen molar-refractivity contribution in [3.8, 4) is 0 Å². The topological polar surface area (TPSA) is 53.1 Å². The maximum absolute atomic E-state index is 10.8. The maximum Gasteiger partial charge on any atom is 0.352 e. The van der Waals surface area contributed by atoms with Crippen molar-refractivity contribution in [2.24, 2.45) is 0 Å². The van der Waals surface area contributed by atoms with E-state index in [4.69, 9.17) is 5.11 Å². The minimum absolute atomic E-state index is 0.248. The monoisotopic (exact) mass is 233 g/mol. The van der Waals surface area contributed by atoms with E-state index in [2.05, 4.69) is 11.9 Å². The molecule has 2 N–H and O–H groups in total. The molecule has 1 heterocycles. The number of aromatic carboxylic acids is 1. The van der Waals surface area contributed by atoms with Gasteiger partial charge in [0.15, 0.2) is 0 Å². The summed E-state index contributed by atoms with van der Waals surface area (Å²) < 4.78 is 0. The molecule has 0 unspecified atom stereocenters. The normalized spacial score (nSPS) is 9.88. The first kappa shape index (κ1) is 13.3. The van der Waals surface area contributed by atoms with Crippen LogP contribution >= 0.6 is 0 Å². The SMILES string of the molecule is CC.CCc1cc2[nH]c(C(=O)O)cc2cc1C. The number of carboxylic acid groups (broad SMARTS) is 1.